The van der Waals surface area contributed by atoms with E-state index in [1.54, 1.807) is 33.3 Å². The predicted octanol–water partition coefficient (Wildman–Crippen LogP) is 5.15. The number of nitrogens with zero attached hydrogens (tertiary/aromatic N) is 3. The molecule has 2 aromatic heterocycles. The third-order valence-electron chi connectivity index (χ3n) is 4.69. The number of anilines is 2. The zero-order valence-electron chi connectivity index (χ0n) is 18.5. The Morgan fingerprint density at radius 1 is 1.35 bits per heavy atom. The molecule has 0 aliphatic carbocycles. The van der Waals surface area contributed by atoms with Crippen molar-refractivity contribution in [2.45, 2.75) is 13.5 Å². The van der Waals surface area contributed by atoms with E-state index in [0.717, 1.165) is 11.3 Å². The number of methoxy groups -OCH3 is 1. The van der Waals surface area contributed by atoms with Crippen molar-refractivity contribution >= 4 is 78.9 Å². The fourth-order valence-electron chi connectivity index (χ4n) is 3.01. The number of carbonyl (C=O) groups is 2. The predicted molar refractivity (Wildman–Crippen MR) is 139 cm³/mol. The van der Waals surface area contributed by atoms with Gasteiger partial charge in [0.2, 0.25) is 0 Å². The molecule has 1 aromatic carbocycles. The molecule has 2 heterocycles. The molecule has 0 aliphatic heterocycles. The Hall–Kier alpha value is -2.54. The maximum atomic E-state index is 14.1. The molecule has 0 radical (unpaired) electrons. The van der Waals surface area contributed by atoms with Gasteiger partial charge in [-0.3, -0.25) is 9.48 Å². The van der Waals surface area contributed by atoms with E-state index < -0.39 is 11.8 Å². The number of esters is 1. The summed E-state index contributed by atoms with van der Waals surface area (Å²) in [5.74, 6) is -0.906. The zero-order valence-corrected chi connectivity index (χ0v) is 22.5. The molecule has 0 saturated carbocycles. The van der Waals surface area contributed by atoms with Crippen LogP contribution in [0.15, 0.2) is 28.9 Å². The summed E-state index contributed by atoms with van der Waals surface area (Å²) in [5, 5.41) is 11.0. The first kappa shape index (κ1) is 26.1. The molecule has 0 fully saturated rings. The number of benzene rings is 1. The zero-order chi connectivity index (χ0) is 25.2. The minimum atomic E-state index is -0.593. The van der Waals surface area contributed by atoms with Gasteiger partial charge in [-0.15, -0.1) is 11.3 Å². The first-order chi connectivity index (χ1) is 16.0. The van der Waals surface area contributed by atoms with Gasteiger partial charge >= 0.3 is 5.97 Å². The van der Waals surface area contributed by atoms with Crippen LogP contribution in [0.1, 0.15) is 31.2 Å². The Bertz CT molecular complexity index is 1260. The molecule has 1 amide bonds. The average molecular weight is 589 g/mol. The maximum absolute atomic E-state index is 14.1. The first-order valence-corrected chi connectivity index (χ1v) is 12.1. The normalized spacial score (nSPS) is 10.7. The summed E-state index contributed by atoms with van der Waals surface area (Å²) in [4.78, 5) is 26.7. The van der Waals surface area contributed by atoms with E-state index in [1.807, 2.05) is 0 Å². The van der Waals surface area contributed by atoms with Crippen LogP contribution in [0.3, 0.4) is 0 Å². The van der Waals surface area contributed by atoms with Crippen molar-refractivity contribution in [1.82, 2.24) is 14.7 Å². The molecular weight excluding hydrogens is 569 g/mol. The number of hydrogen-bond acceptors (Lipinski definition) is 6. The Morgan fingerprint density at radius 3 is 2.68 bits per heavy atom. The Labute approximate surface area is 218 Å². The van der Waals surface area contributed by atoms with Crippen LogP contribution in [0.25, 0.3) is 0 Å². The van der Waals surface area contributed by atoms with Gasteiger partial charge < -0.3 is 20.3 Å². The number of aromatic nitrogens is 2. The molecule has 34 heavy (non-hydrogen) atoms. The maximum Gasteiger partial charge on any atom is 0.341 e. The highest BCUT2D eigenvalue weighted by Crippen LogP contribution is 2.34. The van der Waals surface area contributed by atoms with Gasteiger partial charge in [0.15, 0.2) is 10.9 Å². The number of ether oxygens (including phenoxy) is 1. The Kier molecular flexibility index (Phi) is 8.29. The van der Waals surface area contributed by atoms with E-state index in [1.165, 1.54) is 28.8 Å². The summed E-state index contributed by atoms with van der Waals surface area (Å²) in [7, 11) is 4.51. The number of rotatable bonds is 6. The molecule has 0 saturated heterocycles. The molecule has 3 rings (SSSR count). The summed E-state index contributed by atoms with van der Waals surface area (Å²) in [6.45, 7) is 1.78. The summed E-state index contributed by atoms with van der Waals surface area (Å²) >= 11 is 16.0. The average Bonchev–Trinajstić information content (AvgIpc) is 3.28. The lowest BCUT2D eigenvalue weighted by Crippen LogP contribution is -2.21. The molecule has 0 unspecified atom stereocenters. The number of hydrogen-bond donors (Lipinski definition) is 2. The number of thiocarbonyl (C=S) groups is 1. The molecule has 180 valence electrons. The topological polar surface area (TPSA) is 88.5 Å². The molecule has 0 atom stereocenters. The molecule has 0 aliphatic rings. The fraction of sp³-hybridized carbons (Fsp3) is 0.238. The molecule has 13 heteroatoms. The minimum absolute atomic E-state index is 0.110. The highest BCUT2D eigenvalue weighted by molar-refractivity contribution is 9.10. The lowest BCUT2D eigenvalue weighted by molar-refractivity contribution is 0.0601. The highest BCUT2D eigenvalue weighted by atomic mass is 79.9. The van der Waals surface area contributed by atoms with Crippen LogP contribution in [0.5, 0.6) is 0 Å². The van der Waals surface area contributed by atoms with Crippen molar-refractivity contribution in [3.63, 3.8) is 0 Å². The van der Waals surface area contributed by atoms with Gasteiger partial charge in [0.1, 0.15) is 10.8 Å². The van der Waals surface area contributed by atoms with Crippen molar-refractivity contribution in [2.24, 2.45) is 0 Å². The quantitative estimate of drug-likeness (QED) is 0.304. The molecule has 8 nitrogen and oxygen atoms in total. The molecule has 3 aromatic rings. The summed E-state index contributed by atoms with van der Waals surface area (Å²) in [6, 6.07) is 4.47. The first-order valence-electron chi connectivity index (χ1n) is 9.70. The van der Waals surface area contributed by atoms with Crippen LogP contribution in [0.4, 0.5) is 15.2 Å². The van der Waals surface area contributed by atoms with Crippen molar-refractivity contribution in [2.75, 3.05) is 31.8 Å². The standard InChI is InChI=1S/C21H20BrClFN5O3S2/c1-10-15(20(31)32-4)18(34-16(10)19(30)28(2)3)26-21(33)25-17-12(22)9-29(27-17)8-11-13(23)6-5-7-14(11)24/h5-7,9H,8H2,1-4H3,(H2,25,26,27,33). The molecule has 2 N–H and O–H groups in total. The van der Waals surface area contributed by atoms with Crippen LogP contribution in [0, 0.1) is 12.7 Å². The van der Waals surface area contributed by atoms with E-state index in [2.05, 4.69) is 31.7 Å². The minimum Gasteiger partial charge on any atom is -0.465 e. The summed E-state index contributed by atoms with van der Waals surface area (Å²) < 4.78 is 21.1. The largest absolute Gasteiger partial charge is 0.465 e. The van der Waals surface area contributed by atoms with Gasteiger partial charge in [-0.2, -0.15) is 5.10 Å². The second kappa shape index (κ2) is 10.8. The van der Waals surface area contributed by atoms with E-state index in [9.17, 15) is 14.0 Å². The Morgan fingerprint density at radius 2 is 2.06 bits per heavy atom. The molecule has 0 spiro atoms. The van der Waals surface area contributed by atoms with E-state index >= 15 is 0 Å². The highest BCUT2D eigenvalue weighted by Gasteiger charge is 2.26. The van der Waals surface area contributed by atoms with Crippen LogP contribution >= 0.6 is 51.1 Å². The number of nitrogens with one attached hydrogen (secondary N) is 2. The third-order valence-corrected chi connectivity index (χ3v) is 7.03. The van der Waals surface area contributed by atoms with E-state index in [4.69, 9.17) is 28.6 Å². The number of carbonyl (C=O) groups excluding carboxylic acids is 2. The monoisotopic (exact) mass is 587 g/mol. The third kappa shape index (κ3) is 5.57. The van der Waals surface area contributed by atoms with Crippen LogP contribution in [0.2, 0.25) is 5.02 Å². The lowest BCUT2D eigenvalue weighted by Gasteiger charge is -2.09. The van der Waals surface area contributed by atoms with Crippen LogP contribution < -0.4 is 10.6 Å². The van der Waals surface area contributed by atoms with Gasteiger partial charge in [-0.05, 0) is 52.8 Å². The van der Waals surface area contributed by atoms with E-state index in [-0.39, 0.29) is 23.1 Å². The summed E-state index contributed by atoms with van der Waals surface area (Å²) in [6.07, 6.45) is 1.65. The van der Waals surface area contributed by atoms with Crippen molar-refractivity contribution in [1.29, 1.82) is 0 Å². The summed E-state index contributed by atoms with van der Waals surface area (Å²) in [5.41, 5.74) is 1.02. The second-order valence-electron chi connectivity index (χ2n) is 7.25. The van der Waals surface area contributed by atoms with Gasteiger partial charge in [0.25, 0.3) is 5.91 Å². The number of halogens is 3. The van der Waals surface area contributed by atoms with E-state index in [0.29, 0.717) is 36.3 Å². The van der Waals surface area contributed by atoms with Crippen LogP contribution in [-0.4, -0.2) is 52.9 Å². The van der Waals surface area contributed by atoms with Gasteiger partial charge in [-0.25, -0.2) is 9.18 Å². The van der Waals surface area contributed by atoms with Gasteiger partial charge in [0.05, 0.1) is 28.6 Å². The van der Waals surface area contributed by atoms with Crippen molar-refractivity contribution in [3.05, 3.63) is 61.3 Å². The number of amides is 1. The SMILES string of the molecule is COC(=O)c1c(NC(=S)Nc2nn(Cc3c(F)cccc3Cl)cc2Br)sc(C(=O)N(C)C)c1C. The van der Waals surface area contributed by atoms with Crippen molar-refractivity contribution < 1.29 is 18.7 Å². The van der Waals surface area contributed by atoms with Crippen molar-refractivity contribution in [3.8, 4) is 0 Å². The smallest absolute Gasteiger partial charge is 0.341 e. The van der Waals surface area contributed by atoms with Gasteiger partial charge in [0, 0.05) is 30.9 Å². The Balaban J connectivity index is 1.82. The second-order valence-corrected chi connectivity index (χ2v) is 9.94. The van der Waals surface area contributed by atoms with Gasteiger partial charge in [-0.1, -0.05) is 17.7 Å². The fourth-order valence-corrected chi connectivity index (χ4v) is 5.13. The number of thiophene rings is 1. The lowest BCUT2D eigenvalue weighted by atomic mass is 10.1. The molecular formula is C21H20BrClFN5O3S2. The van der Waals surface area contributed by atoms with Crippen LogP contribution in [-0.2, 0) is 11.3 Å². The molecule has 0 bridgehead atoms.